The van der Waals surface area contributed by atoms with Crippen molar-refractivity contribution in [2.45, 2.75) is 41.5 Å². The molecular formula is C26H26S2. The van der Waals surface area contributed by atoms with E-state index in [0.717, 1.165) is 0 Å². The summed E-state index contributed by atoms with van der Waals surface area (Å²) in [5, 5.41) is 11.4. The Morgan fingerprint density at radius 1 is 0.500 bits per heavy atom. The first kappa shape index (κ1) is 19.2. The van der Waals surface area contributed by atoms with Gasteiger partial charge in [-0.25, -0.2) is 0 Å². The highest BCUT2D eigenvalue weighted by molar-refractivity contribution is 7.21. The highest BCUT2D eigenvalue weighted by Gasteiger charge is 2.18. The summed E-state index contributed by atoms with van der Waals surface area (Å²) in [5.74, 6) is 0. The van der Waals surface area contributed by atoms with E-state index in [1.807, 2.05) is 50.4 Å². The zero-order valence-corrected chi connectivity index (χ0v) is 19.1. The number of thiophene rings is 2. The minimum Gasteiger partial charge on any atom is -0.140 e. The van der Waals surface area contributed by atoms with Gasteiger partial charge in [-0.2, -0.15) is 0 Å². The van der Waals surface area contributed by atoms with Gasteiger partial charge < -0.3 is 0 Å². The highest BCUT2D eigenvalue weighted by Crippen LogP contribution is 2.48. The summed E-state index contributed by atoms with van der Waals surface area (Å²) in [6, 6.07) is 18.4. The molecule has 0 saturated carbocycles. The van der Waals surface area contributed by atoms with Crippen molar-refractivity contribution in [2.24, 2.45) is 0 Å². The summed E-state index contributed by atoms with van der Waals surface area (Å²) in [6.07, 6.45) is 0. The van der Waals surface area contributed by atoms with Crippen molar-refractivity contribution in [3.8, 4) is 0 Å². The highest BCUT2D eigenvalue weighted by atomic mass is 32.1. The van der Waals surface area contributed by atoms with Gasteiger partial charge in [-0.15, -0.1) is 22.7 Å². The standard InChI is InChI=1S/C22H14S2.2C2H6/c1-11-9-17-13-5-3-8-16-19(13)20-14(18-10-12(2)24-22(16)18)6-4-7-15(20)21(17)23-11;2*1-2/h3-10H,1-2H3;2*1-2H3. The zero-order chi connectivity index (χ0) is 20.0. The average molecular weight is 403 g/mol. The van der Waals surface area contributed by atoms with Crippen LogP contribution in [0.5, 0.6) is 0 Å². The van der Waals surface area contributed by atoms with E-state index in [0.29, 0.717) is 0 Å². The van der Waals surface area contributed by atoms with Gasteiger partial charge in [0, 0.05) is 40.7 Å². The molecular weight excluding hydrogens is 376 g/mol. The fraction of sp³-hybridized carbons (Fsp3) is 0.231. The van der Waals surface area contributed by atoms with Gasteiger partial charge in [0.1, 0.15) is 0 Å². The molecule has 142 valence electrons. The lowest BCUT2D eigenvalue weighted by molar-refractivity contribution is 1.50. The molecule has 0 nitrogen and oxygen atoms in total. The molecule has 0 bridgehead atoms. The maximum Gasteiger partial charge on any atom is 0.0430 e. The molecule has 6 aromatic rings. The smallest absolute Gasteiger partial charge is 0.0430 e. The maximum absolute atomic E-state index is 2.36. The predicted octanol–water partition coefficient (Wildman–Crippen LogP) is 9.68. The first-order valence-electron chi connectivity index (χ1n) is 10.2. The number of benzene rings is 4. The van der Waals surface area contributed by atoms with Crippen LogP contribution in [0.4, 0.5) is 0 Å². The summed E-state index contributed by atoms with van der Waals surface area (Å²) in [6.45, 7) is 12.4. The van der Waals surface area contributed by atoms with Gasteiger partial charge in [-0.1, -0.05) is 64.1 Å². The van der Waals surface area contributed by atoms with Crippen LogP contribution in [0.25, 0.3) is 52.5 Å². The lowest BCUT2D eigenvalue weighted by atomic mass is 9.91. The Bertz CT molecular complexity index is 1210. The molecule has 28 heavy (non-hydrogen) atoms. The molecule has 0 saturated heterocycles. The Morgan fingerprint density at radius 2 is 0.857 bits per heavy atom. The van der Waals surface area contributed by atoms with Crippen LogP contribution in [0.15, 0.2) is 48.5 Å². The Balaban J connectivity index is 0.000000454. The van der Waals surface area contributed by atoms with E-state index in [1.165, 1.54) is 62.2 Å². The van der Waals surface area contributed by atoms with Gasteiger partial charge in [-0.05, 0) is 47.5 Å². The Kier molecular flexibility index (Phi) is 5.03. The molecule has 0 aliphatic heterocycles. The van der Waals surface area contributed by atoms with Gasteiger partial charge in [0.05, 0.1) is 0 Å². The van der Waals surface area contributed by atoms with Crippen LogP contribution in [-0.2, 0) is 0 Å². The molecule has 4 aromatic carbocycles. The van der Waals surface area contributed by atoms with Gasteiger partial charge in [0.25, 0.3) is 0 Å². The molecule has 0 N–H and O–H groups in total. The van der Waals surface area contributed by atoms with Gasteiger partial charge >= 0.3 is 0 Å². The van der Waals surface area contributed by atoms with E-state index < -0.39 is 0 Å². The van der Waals surface area contributed by atoms with Gasteiger partial charge in [-0.3, -0.25) is 0 Å². The SMILES string of the molecule is CC.CC.Cc1cc2c3cccc4c5sc(C)cc5c5cccc(c2s1)c5c34. The number of hydrogen-bond acceptors (Lipinski definition) is 2. The van der Waals surface area contributed by atoms with E-state index in [2.05, 4.69) is 62.4 Å². The maximum atomic E-state index is 2.36. The van der Waals surface area contributed by atoms with Crippen LogP contribution in [0.2, 0.25) is 0 Å². The van der Waals surface area contributed by atoms with E-state index in [9.17, 15) is 0 Å². The normalized spacial score (nSPS) is 11.2. The van der Waals surface area contributed by atoms with E-state index in [1.54, 1.807) is 0 Å². The quantitative estimate of drug-likeness (QED) is 0.222. The van der Waals surface area contributed by atoms with Crippen LogP contribution in [0.3, 0.4) is 0 Å². The second kappa shape index (κ2) is 7.35. The average Bonchev–Trinajstić information content (AvgIpc) is 3.33. The third kappa shape index (κ3) is 2.55. The fourth-order valence-corrected chi connectivity index (χ4v) is 6.41. The third-order valence-corrected chi connectivity index (χ3v) is 7.33. The number of rotatable bonds is 0. The monoisotopic (exact) mass is 402 g/mol. The Labute approximate surface area is 174 Å². The summed E-state index contributed by atoms with van der Waals surface area (Å²) in [7, 11) is 0. The lowest BCUT2D eigenvalue weighted by Crippen LogP contribution is -1.85. The van der Waals surface area contributed by atoms with E-state index in [4.69, 9.17) is 0 Å². The van der Waals surface area contributed by atoms with Crippen molar-refractivity contribution < 1.29 is 0 Å². The predicted molar refractivity (Wildman–Crippen MR) is 133 cm³/mol. The molecule has 0 unspecified atom stereocenters. The topological polar surface area (TPSA) is 0 Å². The first-order chi connectivity index (χ1) is 13.7. The van der Waals surface area contributed by atoms with Crippen LogP contribution in [-0.4, -0.2) is 0 Å². The van der Waals surface area contributed by atoms with E-state index >= 15 is 0 Å². The zero-order valence-electron chi connectivity index (χ0n) is 17.4. The van der Waals surface area contributed by atoms with Gasteiger partial charge in [0.2, 0.25) is 0 Å². The minimum atomic E-state index is 1.39. The molecule has 0 radical (unpaired) electrons. The summed E-state index contributed by atoms with van der Waals surface area (Å²) >= 11 is 3.85. The number of hydrogen-bond donors (Lipinski definition) is 0. The molecule has 2 heterocycles. The van der Waals surface area contributed by atoms with Crippen molar-refractivity contribution in [2.75, 3.05) is 0 Å². The molecule has 0 fully saturated rings. The van der Waals surface area contributed by atoms with Crippen molar-refractivity contribution in [1.29, 1.82) is 0 Å². The van der Waals surface area contributed by atoms with Crippen LogP contribution >= 0.6 is 22.7 Å². The molecule has 6 rings (SSSR count). The van der Waals surface area contributed by atoms with Crippen LogP contribution in [0.1, 0.15) is 37.4 Å². The lowest BCUT2D eigenvalue weighted by Gasteiger charge is -2.13. The summed E-state index contributed by atoms with van der Waals surface area (Å²) < 4.78 is 2.87. The molecule has 0 atom stereocenters. The first-order valence-corrected chi connectivity index (χ1v) is 11.8. The number of fused-ring (bicyclic) bond motifs is 6. The van der Waals surface area contributed by atoms with Crippen molar-refractivity contribution >= 4 is 75.2 Å². The second-order valence-electron chi connectivity index (χ2n) is 6.66. The number of aryl methyl sites for hydroxylation is 2. The largest absolute Gasteiger partial charge is 0.140 e. The molecule has 0 aliphatic rings. The van der Waals surface area contributed by atoms with Gasteiger partial charge in [0.15, 0.2) is 0 Å². The summed E-state index contributed by atoms with van der Waals surface area (Å²) in [5.41, 5.74) is 0. The molecule has 2 heteroatoms. The molecule has 0 amide bonds. The molecule has 0 spiro atoms. The Morgan fingerprint density at radius 3 is 1.25 bits per heavy atom. The van der Waals surface area contributed by atoms with Crippen molar-refractivity contribution in [1.82, 2.24) is 0 Å². The van der Waals surface area contributed by atoms with E-state index in [-0.39, 0.29) is 0 Å². The summed E-state index contributed by atoms with van der Waals surface area (Å²) in [4.78, 5) is 2.78. The van der Waals surface area contributed by atoms with Crippen LogP contribution < -0.4 is 0 Å². The minimum absolute atomic E-state index is 1.39. The van der Waals surface area contributed by atoms with Crippen LogP contribution in [0, 0.1) is 13.8 Å². The second-order valence-corrected chi connectivity index (χ2v) is 9.17. The fourth-order valence-electron chi connectivity index (χ4n) is 4.30. The van der Waals surface area contributed by atoms with Crippen molar-refractivity contribution in [3.05, 3.63) is 58.3 Å². The third-order valence-electron chi connectivity index (χ3n) is 5.16. The Hall–Kier alpha value is -2.16. The van der Waals surface area contributed by atoms with Crippen molar-refractivity contribution in [3.63, 3.8) is 0 Å². The molecule has 0 aliphatic carbocycles. The molecule has 2 aromatic heterocycles.